The maximum Gasteiger partial charge on any atom is 0.261 e. The molecule has 82 heavy (non-hydrogen) atoms. The molecule has 0 N–H and O–H groups in total. The van der Waals surface area contributed by atoms with E-state index in [9.17, 15) is 0 Å². The van der Waals surface area contributed by atoms with Crippen molar-refractivity contribution in [3.8, 4) is 0 Å². The maximum absolute atomic E-state index is 7.63. The quantitative estimate of drug-likeness (QED) is 0.0555. The van der Waals surface area contributed by atoms with Gasteiger partial charge < -0.3 is 41.7 Å². The summed E-state index contributed by atoms with van der Waals surface area (Å²) in [6.45, 7) is 49.1. The molecule has 0 amide bonds. The van der Waals surface area contributed by atoms with Gasteiger partial charge in [-0.05, 0) is 135 Å². The zero-order chi connectivity index (χ0) is 60.5. The predicted octanol–water partition coefficient (Wildman–Crippen LogP) is 17.0. The minimum atomic E-state index is -2.68. The molecule has 0 aliphatic carbocycles. The lowest BCUT2D eigenvalue weighted by Gasteiger charge is -2.50. The molecule has 13 atom stereocenters. The van der Waals surface area contributed by atoms with Crippen molar-refractivity contribution in [3.05, 3.63) is 119 Å². The van der Waals surface area contributed by atoms with Gasteiger partial charge in [-0.1, -0.05) is 177 Å². The lowest BCUT2D eigenvalue weighted by atomic mass is 9.79. The molecule has 0 spiro atoms. The van der Waals surface area contributed by atoms with Crippen LogP contribution in [-0.2, 0) is 48.3 Å². The second-order valence-electron chi connectivity index (χ2n) is 29.1. The SMILES string of the molecule is C=C[C@H]1O[C@H]2C[C@H]3O[C@H]4C[C@H](C)[C@H](CCCO[Si](c5ccccc5)(c5ccccc5)C(C)(C)C)O[C@]4(C)C[C@H](O[Si](C)(C)C(C)(C)C)[C@@H]3O[C@]2(C)CC[C@@H]1O[C@H](CCCOCc1c(Cl)cc(Cl)cc1Cl)[C@](C)(C=C)O[Si](C)(C)C(C)(C)C. The molecule has 7 rings (SSSR count). The second kappa shape index (κ2) is 26.6. The first-order valence-corrected chi connectivity index (χ1v) is 39.4. The minimum absolute atomic E-state index is 0.0264. The van der Waals surface area contributed by atoms with E-state index >= 15 is 0 Å². The second-order valence-corrected chi connectivity index (χ2v) is 44.1. The number of benzene rings is 3. The highest BCUT2D eigenvalue weighted by Gasteiger charge is 2.60. The predicted molar refractivity (Wildman–Crippen MR) is 347 cm³/mol. The summed E-state index contributed by atoms with van der Waals surface area (Å²) < 4.78 is 65.9. The summed E-state index contributed by atoms with van der Waals surface area (Å²) in [5, 5.41) is 3.86. The molecule has 15 heteroatoms. The van der Waals surface area contributed by atoms with Gasteiger partial charge in [-0.25, -0.2) is 0 Å². The Hall–Kier alpha value is -1.70. The number of ether oxygens (including phenoxy) is 6. The Kier molecular flexibility index (Phi) is 22.0. The van der Waals surface area contributed by atoms with E-state index in [2.05, 4.69) is 190 Å². The standard InChI is InChI=1S/C67H103Cl3O9Si3/c1-20-53-55(74-58(65(13,21-2)79-81(18,19)63(7,8)9)35-29-38-71-45-50-51(69)41-47(68)42-52(50)70)36-37-66(14)60(73-53)43-56-61(77-66)57(78-80(16,17)62(4,5)6)44-67(15)59(75-56)40-46(3)54(76-67)34-28-39-72-82(64(10,11)12,48-30-24-22-25-31-48)49-32-26-23-27-33-49/h20-27,30-33,41-42,46,53-61H,1-2,28-29,34-40,43-45H2,3-19H3/t46-,53+,54-,55-,56+,57-,58+,59-,60-,61+,65-,66+,67+/m0/s1. The number of fused-ring (bicyclic) bond motifs is 3. The number of rotatable bonds is 22. The fourth-order valence-electron chi connectivity index (χ4n) is 12.7. The average molecular weight is 1240 g/mol. The fourth-order valence-corrected chi connectivity index (χ4v) is 21.2. The Morgan fingerprint density at radius 3 is 1.85 bits per heavy atom. The summed E-state index contributed by atoms with van der Waals surface area (Å²) in [5.74, 6) is 0.260. The van der Waals surface area contributed by atoms with E-state index in [4.69, 9.17) is 76.5 Å². The van der Waals surface area contributed by atoms with Crippen LogP contribution in [0.2, 0.25) is 56.4 Å². The maximum atomic E-state index is 7.63. The van der Waals surface area contributed by atoms with Crippen LogP contribution in [0.25, 0.3) is 0 Å². The van der Waals surface area contributed by atoms with Crippen molar-refractivity contribution in [3.63, 3.8) is 0 Å². The van der Waals surface area contributed by atoms with Gasteiger partial charge in [0.25, 0.3) is 8.32 Å². The highest BCUT2D eigenvalue weighted by atomic mass is 35.5. The molecule has 0 aromatic heterocycles. The van der Waals surface area contributed by atoms with Gasteiger partial charge in [0.1, 0.15) is 12.2 Å². The van der Waals surface area contributed by atoms with E-state index in [1.54, 1.807) is 12.1 Å². The van der Waals surface area contributed by atoms with Gasteiger partial charge >= 0.3 is 0 Å². The molecule has 4 fully saturated rings. The Labute approximate surface area is 513 Å². The van der Waals surface area contributed by atoms with E-state index in [1.165, 1.54) is 10.4 Å². The van der Waals surface area contributed by atoms with Gasteiger partial charge in [-0.3, -0.25) is 0 Å². The van der Waals surface area contributed by atoms with Crippen molar-refractivity contribution in [1.82, 2.24) is 0 Å². The van der Waals surface area contributed by atoms with Crippen LogP contribution in [0.1, 0.15) is 153 Å². The van der Waals surface area contributed by atoms with E-state index in [1.807, 2.05) is 12.2 Å². The van der Waals surface area contributed by atoms with Gasteiger partial charge in [-0.2, -0.15) is 0 Å². The third kappa shape index (κ3) is 15.1. The Morgan fingerprint density at radius 1 is 0.720 bits per heavy atom. The van der Waals surface area contributed by atoms with Crippen molar-refractivity contribution >= 4 is 70.1 Å². The largest absolute Gasteiger partial charge is 0.411 e. The summed E-state index contributed by atoms with van der Waals surface area (Å²) >= 11 is 19.3. The van der Waals surface area contributed by atoms with Gasteiger partial charge in [0, 0.05) is 46.7 Å². The Bertz CT molecular complexity index is 2520. The third-order valence-corrected chi connectivity index (χ3v) is 34.8. The first-order valence-electron chi connectivity index (χ1n) is 30.5. The summed E-state index contributed by atoms with van der Waals surface area (Å²) in [7, 11) is -7.37. The zero-order valence-electron chi connectivity index (χ0n) is 53.1. The molecule has 0 bridgehead atoms. The zero-order valence-corrected chi connectivity index (χ0v) is 58.3. The van der Waals surface area contributed by atoms with Crippen LogP contribution in [-0.4, -0.2) is 110 Å². The van der Waals surface area contributed by atoms with Crippen molar-refractivity contribution in [2.75, 3.05) is 13.2 Å². The molecule has 3 aromatic carbocycles. The van der Waals surface area contributed by atoms with Crippen molar-refractivity contribution in [2.45, 2.75) is 267 Å². The van der Waals surface area contributed by atoms with Crippen molar-refractivity contribution in [2.24, 2.45) is 5.92 Å². The van der Waals surface area contributed by atoms with Crippen LogP contribution in [0.4, 0.5) is 0 Å². The molecule has 9 nitrogen and oxygen atoms in total. The molecule has 0 unspecified atom stereocenters. The first-order chi connectivity index (χ1) is 38.1. The monoisotopic (exact) mass is 1240 g/mol. The molecule has 3 aromatic rings. The molecule has 4 saturated heterocycles. The smallest absolute Gasteiger partial charge is 0.261 e. The van der Waals surface area contributed by atoms with E-state index in [0.717, 1.165) is 19.3 Å². The molecule has 4 aliphatic heterocycles. The molecular weight excluding hydrogens is 1140 g/mol. The van der Waals surface area contributed by atoms with Gasteiger partial charge in [0.2, 0.25) is 0 Å². The van der Waals surface area contributed by atoms with Crippen LogP contribution >= 0.6 is 34.8 Å². The third-order valence-electron chi connectivity index (χ3n) is 19.8. The van der Waals surface area contributed by atoms with Crippen molar-refractivity contribution < 1.29 is 41.7 Å². The summed E-state index contributed by atoms with van der Waals surface area (Å²) in [6.07, 6.45) is 7.95. The minimum Gasteiger partial charge on any atom is -0.411 e. The van der Waals surface area contributed by atoms with Crippen LogP contribution in [0, 0.1) is 5.92 Å². The van der Waals surface area contributed by atoms with E-state index in [-0.39, 0.29) is 70.4 Å². The van der Waals surface area contributed by atoms with Gasteiger partial charge in [0.15, 0.2) is 16.6 Å². The fraction of sp³-hybridized carbons (Fsp3) is 0.672. The van der Waals surface area contributed by atoms with Crippen LogP contribution in [0.5, 0.6) is 0 Å². The number of hydrogen-bond acceptors (Lipinski definition) is 9. The first kappa shape index (κ1) is 67.8. The van der Waals surface area contributed by atoms with E-state index in [0.29, 0.717) is 72.4 Å². The normalized spacial score (nSPS) is 29.7. The molecule has 0 radical (unpaired) electrons. The molecule has 4 heterocycles. The number of halogens is 3. The summed E-state index contributed by atoms with van der Waals surface area (Å²) in [5.41, 5.74) is -1.40. The highest BCUT2D eigenvalue weighted by Crippen LogP contribution is 2.51. The van der Waals surface area contributed by atoms with Crippen molar-refractivity contribution in [1.29, 1.82) is 0 Å². The Balaban J connectivity index is 1.11. The molecule has 458 valence electrons. The van der Waals surface area contributed by atoms with Crippen LogP contribution in [0.3, 0.4) is 0 Å². The Morgan fingerprint density at radius 2 is 1.30 bits per heavy atom. The van der Waals surface area contributed by atoms with E-state index < -0.39 is 54.0 Å². The lowest BCUT2D eigenvalue weighted by molar-refractivity contribution is -0.271. The van der Waals surface area contributed by atoms with Crippen LogP contribution in [0.15, 0.2) is 98.1 Å². The summed E-state index contributed by atoms with van der Waals surface area (Å²) in [4.78, 5) is 0. The molecule has 0 saturated carbocycles. The topological polar surface area (TPSA) is 83.1 Å². The van der Waals surface area contributed by atoms with Crippen LogP contribution < -0.4 is 10.4 Å². The lowest BCUT2D eigenvalue weighted by Crippen LogP contribution is -2.66. The highest BCUT2D eigenvalue weighted by molar-refractivity contribution is 6.99. The number of hydrogen-bond donors (Lipinski definition) is 0. The average Bonchev–Trinajstić information content (AvgIpc) is 3.85. The summed E-state index contributed by atoms with van der Waals surface area (Å²) in [6, 6.07) is 25.2. The molecule has 4 aliphatic rings. The van der Waals surface area contributed by atoms with Gasteiger partial charge in [0.05, 0.1) is 66.1 Å². The van der Waals surface area contributed by atoms with Gasteiger partial charge in [-0.15, -0.1) is 13.2 Å². The molecular formula is C67H103Cl3O9Si3.